The number of hydrogen-bond donors (Lipinski definition) is 1. The van der Waals surface area contributed by atoms with E-state index < -0.39 is 5.97 Å². The molecular weight excluding hydrogens is 216 g/mol. The maximum atomic E-state index is 10.6. The highest BCUT2D eigenvalue weighted by Gasteiger charge is 2.10. The normalized spacial score (nSPS) is 11.2. The lowest BCUT2D eigenvalue weighted by Crippen LogP contribution is -2.11. The van der Waals surface area contributed by atoms with E-state index in [-0.39, 0.29) is 11.8 Å². The molecule has 0 aliphatic carbocycles. The third-order valence-electron chi connectivity index (χ3n) is 2.37. The highest BCUT2D eigenvalue weighted by molar-refractivity contribution is 5.70. The molecule has 0 aliphatic heterocycles. The van der Waals surface area contributed by atoms with Crippen LogP contribution in [0.5, 0.6) is 5.75 Å². The van der Waals surface area contributed by atoms with E-state index in [0.29, 0.717) is 6.61 Å². The van der Waals surface area contributed by atoms with Crippen LogP contribution in [0, 0.1) is 5.41 Å². The van der Waals surface area contributed by atoms with Crippen LogP contribution in [0.15, 0.2) is 24.3 Å². The second-order valence-corrected chi connectivity index (χ2v) is 5.38. The van der Waals surface area contributed by atoms with Gasteiger partial charge in [-0.05, 0) is 29.5 Å². The van der Waals surface area contributed by atoms with E-state index in [4.69, 9.17) is 9.84 Å². The molecule has 3 heteroatoms. The summed E-state index contributed by atoms with van der Waals surface area (Å²) in [6.07, 6.45) is 1.01. The highest BCUT2D eigenvalue weighted by Crippen LogP contribution is 2.20. The lowest BCUT2D eigenvalue weighted by atomic mass is 9.93. The van der Waals surface area contributed by atoms with Crippen LogP contribution in [0.3, 0.4) is 0 Å². The SMILES string of the molecule is CC(C)(C)CCOc1cccc(CC(=O)O)c1. The van der Waals surface area contributed by atoms with Gasteiger partial charge >= 0.3 is 5.97 Å². The number of rotatable bonds is 5. The van der Waals surface area contributed by atoms with Gasteiger partial charge in [0.05, 0.1) is 13.0 Å². The van der Waals surface area contributed by atoms with Crippen LogP contribution in [0.4, 0.5) is 0 Å². The molecule has 17 heavy (non-hydrogen) atoms. The Kier molecular flexibility index (Phi) is 4.55. The molecule has 0 radical (unpaired) electrons. The number of carbonyl (C=O) groups is 1. The number of benzene rings is 1. The Balaban J connectivity index is 2.51. The molecule has 1 rings (SSSR count). The summed E-state index contributed by atoms with van der Waals surface area (Å²) in [5, 5.41) is 8.70. The van der Waals surface area contributed by atoms with Gasteiger partial charge in [0.1, 0.15) is 5.75 Å². The minimum atomic E-state index is -0.822. The predicted octanol–water partition coefficient (Wildman–Crippen LogP) is 3.13. The summed E-state index contributed by atoms with van der Waals surface area (Å²) in [5.74, 6) is -0.0789. The standard InChI is InChI=1S/C14H20O3/c1-14(2,3)7-8-17-12-6-4-5-11(9-12)10-13(15)16/h4-6,9H,7-8,10H2,1-3H3,(H,15,16). The maximum absolute atomic E-state index is 10.6. The van der Waals surface area contributed by atoms with Crippen molar-refractivity contribution in [2.24, 2.45) is 5.41 Å². The van der Waals surface area contributed by atoms with Gasteiger partial charge in [0.25, 0.3) is 0 Å². The van der Waals surface area contributed by atoms with Gasteiger partial charge in [-0.1, -0.05) is 32.9 Å². The lowest BCUT2D eigenvalue weighted by Gasteiger charge is -2.18. The van der Waals surface area contributed by atoms with E-state index >= 15 is 0 Å². The Morgan fingerprint density at radius 1 is 1.35 bits per heavy atom. The Bertz CT molecular complexity index is 377. The smallest absolute Gasteiger partial charge is 0.307 e. The minimum Gasteiger partial charge on any atom is -0.494 e. The van der Waals surface area contributed by atoms with Gasteiger partial charge in [-0.15, -0.1) is 0 Å². The summed E-state index contributed by atoms with van der Waals surface area (Å²) >= 11 is 0. The topological polar surface area (TPSA) is 46.5 Å². The number of ether oxygens (including phenoxy) is 1. The number of carboxylic acids is 1. The van der Waals surface area contributed by atoms with Crippen molar-refractivity contribution in [2.45, 2.75) is 33.6 Å². The molecule has 1 aromatic carbocycles. The average molecular weight is 236 g/mol. The molecule has 0 aliphatic rings. The third-order valence-corrected chi connectivity index (χ3v) is 2.37. The van der Waals surface area contributed by atoms with Crippen LogP contribution >= 0.6 is 0 Å². The largest absolute Gasteiger partial charge is 0.494 e. The van der Waals surface area contributed by atoms with E-state index in [2.05, 4.69) is 20.8 Å². The zero-order valence-electron chi connectivity index (χ0n) is 10.7. The molecule has 0 fully saturated rings. The number of carboxylic acid groups (broad SMARTS) is 1. The summed E-state index contributed by atoms with van der Waals surface area (Å²) in [6.45, 7) is 7.14. The van der Waals surface area contributed by atoms with Crippen LogP contribution in [0.25, 0.3) is 0 Å². The van der Waals surface area contributed by atoms with Gasteiger partial charge in [0, 0.05) is 0 Å². The fraction of sp³-hybridized carbons (Fsp3) is 0.500. The summed E-state index contributed by atoms with van der Waals surface area (Å²) in [4.78, 5) is 10.6. The molecule has 0 amide bonds. The lowest BCUT2D eigenvalue weighted by molar-refractivity contribution is -0.136. The van der Waals surface area contributed by atoms with Crippen molar-refractivity contribution < 1.29 is 14.6 Å². The second-order valence-electron chi connectivity index (χ2n) is 5.38. The zero-order chi connectivity index (χ0) is 12.9. The van der Waals surface area contributed by atoms with E-state index in [1.807, 2.05) is 12.1 Å². The molecule has 0 saturated heterocycles. The Labute approximate surface area is 102 Å². The molecule has 0 spiro atoms. The molecule has 0 heterocycles. The van der Waals surface area contributed by atoms with Crippen LogP contribution in [0.1, 0.15) is 32.8 Å². The Hall–Kier alpha value is -1.51. The van der Waals surface area contributed by atoms with Gasteiger partial charge in [-0.3, -0.25) is 4.79 Å². The molecule has 0 saturated carbocycles. The average Bonchev–Trinajstić information content (AvgIpc) is 2.15. The minimum absolute atomic E-state index is 0.0382. The maximum Gasteiger partial charge on any atom is 0.307 e. The molecule has 0 bridgehead atoms. The zero-order valence-corrected chi connectivity index (χ0v) is 10.7. The first kappa shape index (κ1) is 13.6. The van der Waals surface area contributed by atoms with Gasteiger partial charge < -0.3 is 9.84 Å². The van der Waals surface area contributed by atoms with E-state index in [9.17, 15) is 4.79 Å². The Morgan fingerprint density at radius 3 is 2.65 bits per heavy atom. The van der Waals surface area contributed by atoms with Crippen molar-refractivity contribution in [1.82, 2.24) is 0 Å². The van der Waals surface area contributed by atoms with Crippen LogP contribution < -0.4 is 4.74 Å². The second kappa shape index (κ2) is 5.71. The van der Waals surface area contributed by atoms with Crippen molar-refractivity contribution in [2.75, 3.05) is 6.61 Å². The van der Waals surface area contributed by atoms with Gasteiger partial charge in [-0.2, -0.15) is 0 Å². The van der Waals surface area contributed by atoms with E-state index in [1.54, 1.807) is 12.1 Å². The summed E-state index contributed by atoms with van der Waals surface area (Å²) in [6, 6.07) is 7.26. The van der Waals surface area contributed by atoms with Crippen LogP contribution in [0.2, 0.25) is 0 Å². The predicted molar refractivity (Wildman–Crippen MR) is 67.3 cm³/mol. The summed E-state index contributed by atoms with van der Waals surface area (Å²) < 4.78 is 5.61. The Morgan fingerprint density at radius 2 is 2.06 bits per heavy atom. The molecule has 1 aromatic rings. The molecular formula is C14H20O3. The summed E-state index contributed by atoms with van der Waals surface area (Å²) in [7, 11) is 0. The molecule has 0 atom stereocenters. The van der Waals surface area contributed by atoms with Crippen molar-refractivity contribution in [3.8, 4) is 5.75 Å². The molecule has 0 unspecified atom stereocenters. The van der Waals surface area contributed by atoms with Gasteiger partial charge in [0.15, 0.2) is 0 Å². The van der Waals surface area contributed by atoms with E-state index in [0.717, 1.165) is 17.7 Å². The fourth-order valence-corrected chi connectivity index (χ4v) is 1.39. The first-order chi connectivity index (χ1) is 7.87. The van der Waals surface area contributed by atoms with E-state index in [1.165, 1.54) is 0 Å². The first-order valence-electron chi connectivity index (χ1n) is 5.80. The van der Waals surface area contributed by atoms with Crippen molar-refractivity contribution in [3.05, 3.63) is 29.8 Å². The van der Waals surface area contributed by atoms with Crippen molar-refractivity contribution in [1.29, 1.82) is 0 Å². The third kappa shape index (κ3) is 5.95. The number of hydrogen-bond acceptors (Lipinski definition) is 2. The highest BCUT2D eigenvalue weighted by atomic mass is 16.5. The molecule has 0 aromatic heterocycles. The van der Waals surface area contributed by atoms with Crippen LogP contribution in [-0.2, 0) is 11.2 Å². The van der Waals surface area contributed by atoms with Gasteiger partial charge in [-0.25, -0.2) is 0 Å². The van der Waals surface area contributed by atoms with Crippen molar-refractivity contribution >= 4 is 5.97 Å². The molecule has 1 N–H and O–H groups in total. The first-order valence-corrected chi connectivity index (χ1v) is 5.80. The van der Waals surface area contributed by atoms with Gasteiger partial charge in [0.2, 0.25) is 0 Å². The summed E-state index contributed by atoms with van der Waals surface area (Å²) in [5.41, 5.74) is 1.02. The monoisotopic (exact) mass is 236 g/mol. The number of aliphatic carboxylic acids is 1. The molecule has 3 nitrogen and oxygen atoms in total. The van der Waals surface area contributed by atoms with Crippen molar-refractivity contribution in [3.63, 3.8) is 0 Å². The fourth-order valence-electron chi connectivity index (χ4n) is 1.39. The molecule has 94 valence electrons. The quantitative estimate of drug-likeness (QED) is 0.854. The van der Waals surface area contributed by atoms with Crippen LogP contribution in [-0.4, -0.2) is 17.7 Å².